The molecule has 3 aromatic rings. The van der Waals surface area contributed by atoms with Gasteiger partial charge in [-0.15, -0.1) is 10.2 Å². The van der Waals surface area contributed by atoms with Crippen molar-refractivity contribution in [2.24, 2.45) is 16.0 Å². The number of thiocarbonyl (C=S) groups is 1. The van der Waals surface area contributed by atoms with Crippen molar-refractivity contribution in [1.29, 1.82) is 0 Å². The quantitative estimate of drug-likeness (QED) is 0.559. The largest absolute Gasteiger partial charge is 0.494 e. The summed E-state index contributed by atoms with van der Waals surface area (Å²) in [7, 11) is 1.60. The summed E-state index contributed by atoms with van der Waals surface area (Å²) < 4.78 is 6.82. The first-order chi connectivity index (χ1) is 12.1. The fourth-order valence-corrected chi connectivity index (χ4v) is 2.60. The van der Waals surface area contributed by atoms with E-state index in [0.717, 1.165) is 5.56 Å². The first-order valence-electron chi connectivity index (χ1n) is 7.61. The Bertz CT molecular complexity index is 934. The topological polar surface area (TPSA) is 77.8 Å². The third kappa shape index (κ3) is 3.41. The van der Waals surface area contributed by atoms with Gasteiger partial charge in [-0.25, -0.2) is 4.68 Å². The van der Waals surface area contributed by atoms with E-state index in [1.165, 1.54) is 4.68 Å². The number of ether oxygens (including phenoxy) is 1. The second kappa shape index (κ2) is 7.23. The number of methoxy groups -OCH3 is 1. The molecule has 1 aromatic heterocycles. The van der Waals surface area contributed by atoms with Gasteiger partial charge in [0, 0.05) is 5.56 Å². The summed E-state index contributed by atoms with van der Waals surface area (Å²) in [5.74, 6) is 0.645. The van der Waals surface area contributed by atoms with Crippen LogP contribution in [-0.4, -0.2) is 22.0 Å². The molecule has 0 saturated heterocycles. The van der Waals surface area contributed by atoms with E-state index in [1.807, 2.05) is 61.5 Å². The Morgan fingerprint density at radius 3 is 2.44 bits per heavy atom. The molecular formula is C18H17N5OS. The number of nitrogens with zero attached hydrogens (tertiary/aromatic N) is 4. The highest BCUT2D eigenvalue weighted by molar-refractivity contribution is 7.80. The van der Waals surface area contributed by atoms with Crippen molar-refractivity contribution in [2.45, 2.75) is 6.92 Å². The number of para-hydroxylation sites is 1. The van der Waals surface area contributed by atoms with Crippen LogP contribution in [0.4, 0.5) is 11.4 Å². The zero-order chi connectivity index (χ0) is 17.8. The predicted molar refractivity (Wildman–Crippen MR) is 102 cm³/mol. The fourth-order valence-electron chi connectivity index (χ4n) is 2.47. The molecule has 7 heteroatoms. The third-order valence-corrected chi connectivity index (χ3v) is 3.80. The zero-order valence-electron chi connectivity index (χ0n) is 13.9. The van der Waals surface area contributed by atoms with Gasteiger partial charge in [-0.3, -0.25) is 0 Å². The minimum atomic E-state index is 0.153. The summed E-state index contributed by atoms with van der Waals surface area (Å²) in [5, 5.41) is 13.3. The van der Waals surface area contributed by atoms with Crippen LogP contribution >= 0.6 is 12.2 Å². The number of rotatable bonds is 4. The van der Waals surface area contributed by atoms with E-state index in [1.54, 1.807) is 7.11 Å². The molecule has 2 aromatic carbocycles. The minimum Gasteiger partial charge on any atom is -0.494 e. The average Bonchev–Trinajstić information content (AvgIpc) is 2.97. The first kappa shape index (κ1) is 16.8. The molecule has 0 atom stereocenters. The molecule has 0 amide bonds. The normalized spacial score (nSPS) is 11.0. The van der Waals surface area contributed by atoms with Crippen molar-refractivity contribution >= 4 is 28.7 Å². The van der Waals surface area contributed by atoms with Gasteiger partial charge in [0.15, 0.2) is 5.11 Å². The summed E-state index contributed by atoms with van der Waals surface area (Å²) in [4.78, 5) is 0. The highest BCUT2D eigenvalue weighted by Crippen LogP contribution is 2.35. The summed E-state index contributed by atoms with van der Waals surface area (Å²) in [6.07, 6.45) is 0. The van der Waals surface area contributed by atoms with E-state index in [0.29, 0.717) is 28.5 Å². The van der Waals surface area contributed by atoms with Gasteiger partial charge in [-0.1, -0.05) is 42.5 Å². The SMILES string of the molecule is COc1ccccc1N=Nc1c(C)nn(C(N)=S)c1-c1ccccc1. The lowest BCUT2D eigenvalue weighted by Gasteiger charge is -2.06. The van der Waals surface area contributed by atoms with Crippen molar-refractivity contribution in [3.05, 3.63) is 60.3 Å². The van der Waals surface area contributed by atoms with E-state index in [-0.39, 0.29) is 5.11 Å². The molecule has 6 nitrogen and oxygen atoms in total. The lowest BCUT2D eigenvalue weighted by Crippen LogP contribution is -2.21. The number of aryl methyl sites for hydroxylation is 1. The van der Waals surface area contributed by atoms with E-state index in [4.69, 9.17) is 22.7 Å². The first-order valence-corrected chi connectivity index (χ1v) is 8.02. The molecule has 0 aliphatic carbocycles. The molecule has 0 saturated carbocycles. The van der Waals surface area contributed by atoms with Crippen molar-refractivity contribution < 1.29 is 4.74 Å². The Balaban J connectivity index is 2.13. The maximum Gasteiger partial charge on any atom is 0.191 e. The van der Waals surface area contributed by atoms with Gasteiger partial charge in [0.25, 0.3) is 0 Å². The zero-order valence-corrected chi connectivity index (χ0v) is 14.7. The molecule has 126 valence electrons. The van der Waals surface area contributed by atoms with Crippen molar-refractivity contribution in [1.82, 2.24) is 9.78 Å². The lowest BCUT2D eigenvalue weighted by molar-refractivity contribution is 0.416. The molecule has 0 radical (unpaired) electrons. The van der Waals surface area contributed by atoms with Crippen LogP contribution in [0.3, 0.4) is 0 Å². The summed E-state index contributed by atoms with van der Waals surface area (Å²) in [5.41, 5.74) is 9.38. The number of benzene rings is 2. The third-order valence-electron chi connectivity index (χ3n) is 3.63. The molecule has 0 aliphatic rings. The number of nitrogens with two attached hydrogens (primary N) is 1. The molecular weight excluding hydrogens is 334 g/mol. The minimum absolute atomic E-state index is 0.153. The number of aromatic nitrogens is 2. The number of azo groups is 1. The van der Waals surface area contributed by atoms with E-state index < -0.39 is 0 Å². The predicted octanol–water partition coefficient (Wildman–Crippen LogP) is 4.37. The van der Waals surface area contributed by atoms with Crippen LogP contribution in [0, 0.1) is 6.92 Å². The molecule has 0 unspecified atom stereocenters. The standard InChI is InChI=1S/C18H17N5OS/c1-12-16(21-20-14-10-6-7-11-15(14)24-2)17(23(22-12)18(19)25)13-8-4-3-5-9-13/h3-11H,1-2H3,(H2,19,25). The van der Waals surface area contributed by atoms with Crippen LogP contribution in [0.5, 0.6) is 5.75 Å². The second-order valence-electron chi connectivity index (χ2n) is 5.27. The van der Waals surface area contributed by atoms with Gasteiger partial charge in [-0.2, -0.15) is 5.10 Å². The van der Waals surface area contributed by atoms with Crippen LogP contribution in [0.15, 0.2) is 64.8 Å². The number of hydrogen-bond acceptors (Lipinski definition) is 5. The molecule has 0 fully saturated rings. The van der Waals surface area contributed by atoms with E-state index >= 15 is 0 Å². The van der Waals surface area contributed by atoms with Crippen LogP contribution in [-0.2, 0) is 0 Å². The Morgan fingerprint density at radius 1 is 1.08 bits per heavy atom. The van der Waals surface area contributed by atoms with Gasteiger partial charge < -0.3 is 10.5 Å². The molecule has 25 heavy (non-hydrogen) atoms. The molecule has 1 heterocycles. The molecule has 2 N–H and O–H groups in total. The van der Waals surface area contributed by atoms with Gasteiger partial charge in [0.1, 0.15) is 22.8 Å². The summed E-state index contributed by atoms with van der Waals surface area (Å²) in [6, 6.07) is 17.1. The Labute approximate surface area is 151 Å². The highest BCUT2D eigenvalue weighted by atomic mass is 32.1. The number of hydrogen-bond donors (Lipinski definition) is 1. The maximum absolute atomic E-state index is 5.83. The molecule has 0 bridgehead atoms. The van der Waals surface area contributed by atoms with Gasteiger partial charge in [0.2, 0.25) is 0 Å². The van der Waals surface area contributed by atoms with Crippen molar-refractivity contribution in [3.8, 4) is 17.0 Å². The van der Waals surface area contributed by atoms with Crippen LogP contribution in [0.25, 0.3) is 11.3 Å². The monoisotopic (exact) mass is 351 g/mol. The smallest absolute Gasteiger partial charge is 0.191 e. The van der Waals surface area contributed by atoms with Crippen molar-refractivity contribution in [2.75, 3.05) is 7.11 Å². The fraction of sp³-hybridized carbons (Fsp3) is 0.111. The maximum atomic E-state index is 5.83. The van der Waals surface area contributed by atoms with Crippen molar-refractivity contribution in [3.63, 3.8) is 0 Å². The van der Waals surface area contributed by atoms with Crippen LogP contribution in [0.2, 0.25) is 0 Å². The highest BCUT2D eigenvalue weighted by Gasteiger charge is 2.18. The Hall–Kier alpha value is -3.06. The van der Waals surface area contributed by atoms with Gasteiger partial charge in [-0.05, 0) is 31.3 Å². The van der Waals surface area contributed by atoms with E-state index in [2.05, 4.69) is 15.3 Å². The van der Waals surface area contributed by atoms with Crippen LogP contribution < -0.4 is 10.5 Å². The van der Waals surface area contributed by atoms with E-state index in [9.17, 15) is 0 Å². The summed E-state index contributed by atoms with van der Waals surface area (Å²) in [6.45, 7) is 1.85. The lowest BCUT2D eigenvalue weighted by atomic mass is 10.1. The molecule has 0 spiro atoms. The average molecular weight is 351 g/mol. The second-order valence-corrected chi connectivity index (χ2v) is 5.69. The van der Waals surface area contributed by atoms with Gasteiger partial charge in [0.05, 0.1) is 12.8 Å². The molecule has 0 aliphatic heterocycles. The van der Waals surface area contributed by atoms with Crippen LogP contribution in [0.1, 0.15) is 5.69 Å². The Morgan fingerprint density at radius 2 is 1.76 bits per heavy atom. The summed E-state index contributed by atoms with van der Waals surface area (Å²) >= 11 is 5.13. The Kier molecular flexibility index (Phi) is 4.85. The van der Waals surface area contributed by atoms with Gasteiger partial charge >= 0.3 is 0 Å². The molecule has 3 rings (SSSR count).